The molecule has 2 atom stereocenters. The van der Waals surface area contributed by atoms with Crippen molar-refractivity contribution in [2.75, 3.05) is 0 Å². The Kier molecular flexibility index (Phi) is 4.46. The second-order valence-electron chi connectivity index (χ2n) is 4.65. The van der Waals surface area contributed by atoms with Crippen molar-refractivity contribution >= 4 is 0 Å². The fourth-order valence-corrected chi connectivity index (χ4v) is 2.13. The Balaban J connectivity index is 4.75. The Morgan fingerprint density at radius 1 is 1.46 bits per heavy atom. The van der Waals surface area contributed by atoms with Crippen molar-refractivity contribution in [3.63, 3.8) is 0 Å². The highest BCUT2D eigenvalue weighted by Crippen LogP contribution is 2.40. The third kappa shape index (κ3) is 2.72. The molecule has 76 valence electrons. The average molecular weight is 180 g/mol. The molecule has 2 unspecified atom stereocenters. The first-order chi connectivity index (χ1) is 5.87. The van der Waals surface area contributed by atoms with Gasteiger partial charge in [-0.2, -0.15) is 0 Å². The van der Waals surface area contributed by atoms with Crippen molar-refractivity contribution in [3.05, 3.63) is 24.8 Å². The molecule has 0 aromatic rings. The van der Waals surface area contributed by atoms with Gasteiger partial charge in [-0.15, -0.1) is 6.58 Å². The fraction of sp³-hybridized carbons (Fsp3) is 0.692. The van der Waals surface area contributed by atoms with Crippen LogP contribution in [0, 0.1) is 17.3 Å². The van der Waals surface area contributed by atoms with E-state index in [2.05, 4.69) is 47.8 Å². The Hall–Kier alpha value is -0.520. The minimum Gasteiger partial charge on any atom is -0.103 e. The predicted molar refractivity (Wildman–Crippen MR) is 61.7 cm³/mol. The van der Waals surface area contributed by atoms with Crippen LogP contribution in [0.25, 0.3) is 0 Å². The summed E-state index contributed by atoms with van der Waals surface area (Å²) < 4.78 is 0. The summed E-state index contributed by atoms with van der Waals surface area (Å²) in [6.45, 7) is 19.2. The fourth-order valence-electron chi connectivity index (χ4n) is 2.13. The SMILES string of the molecule is C=CC(C)C(C)(C)C(CC)C(=C)C. The van der Waals surface area contributed by atoms with Crippen LogP contribution in [0.15, 0.2) is 24.8 Å². The van der Waals surface area contributed by atoms with E-state index in [9.17, 15) is 0 Å². The van der Waals surface area contributed by atoms with Crippen molar-refractivity contribution in [2.45, 2.75) is 41.0 Å². The lowest BCUT2D eigenvalue weighted by molar-refractivity contribution is 0.179. The van der Waals surface area contributed by atoms with E-state index in [0.29, 0.717) is 11.8 Å². The molecule has 0 aliphatic heterocycles. The van der Waals surface area contributed by atoms with Crippen LogP contribution in [0.1, 0.15) is 41.0 Å². The van der Waals surface area contributed by atoms with E-state index in [4.69, 9.17) is 0 Å². The minimum atomic E-state index is 0.280. The van der Waals surface area contributed by atoms with Crippen LogP contribution in [-0.2, 0) is 0 Å². The summed E-state index contributed by atoms with van der Waals surface area (Å²) in [7, 11) is 0. The molecule has 0 heteroatoms. The van der Waals surface area contributed by atoms with Crippen molar-refractivity contribution in [3.8, 4) is 0 Å². The van der Waals surface area contributed by atoms with Gasteiger partial charge in [0.05, 0.1) is 0 Å². The summed E-state index contributed by atoms with van der Waals surface area (Å²) >= 11 is 0. The lowest BCUT2D eigenvalue weighted by Gasteiger charge is -2.38. The molecule has 0 heterocycles. The summed E-state index contributed by atoms with van der Waals surface area (Å²) in [5, 5.41) is 0. The Morgan fingerprint density at radius 2 is 1.92 bits per heavy atom. The standard InChI is InChI=1S/C13H24/c1-8-11(5)13(6,7)12(9-2)10(3)4/h8,11-12H,1,3,9H2,2,4-7H3. The zero-order valence-corrected chi connectivity index (χ0v) is 9.85. The van der Waals surface area contributed by atoms with Crippen LogP contribution in [0.3, 0.4) is 0 Å². The largest absolute Gasteiger partial charge is 0.103 e. The molecule has 0 nitrogen and oxygen atoms in total. The third-order valence-corrected chi connectivity index (χ3v) is 3.43. The highest BCUT2D eigenvalue weighted by molar-refractivity contribution is 5.05. The summed E-state index contributed by atoms with van der Waals surface area (Å²) in [5.41, 5.74) is 1.57. The highest BCUT2D eigenvalue weighted by atomic mass is 14.4. The molecule has 0 aliphatic rings. The maximum Gasteiger partial charge on any atom is -0.0154 e. The smallest absolute Gasteiger partial charge is 0.0154 e. The normalized spacial score (nSPS) is 16.4. The minimum absolute atomic E-state index is 0.280. The second kappa shape index (κ2) is 4.64. The molecule has 0 fully saturated rings. The molecule has 13 heavy (non-hydrogen) atoms. The van der Waals surface area contributed by atoms with E-state index in [1.807, 2.05) is 6.08 Å². The zero-order valence-electron chi connectivity index (χ0n) is 9.85. The van der Waals surface area contributed by atoms with Gasteiger partial charge in [-0.1, -0.05) is 45.9 Å². The van der Waals surface area contributed by atoms with Crippen LogP contribution < -0.4 is 0 Å². The predicted octanol–water partition coefficient (Wildman–Crippen LogP) is 4.44. The molecule has 0 rings (SSSR count). The monoisotopic (exact) mass is 180 g/mol. The van der Waals surface area contributed by atoms with Crippen LogP contribution in [0.2, 0.25) is 0 Å². The van der Waals surface area contributed by atoms with Gasteiger partial charge in [0, 0.05) is 0 Å². The van der Waals surface area contributed by atoms with E-state index in [1.165, 1.54) is 12.0 Å². The first-order valence-electron chi connectivity index (χ1n) is 5.15. The van der Waals surface area contributed by atoms with Crippen LogP contribution in [-0.4, -0.2) is 0 Å². The highest BCUT2D eigenvalue weighted by Gasteiger charge is 2.32. The Labute approximate surface area is 83.7 Å². The Morgan fingerprint density at radius 3 is 2.15 bits per heavy atom. The van der Waals surface area contributed by atoms with Crippen LogP contribution in [0.5, 0.6) is 0 Å². The molecule has 0 saturated carbocycles. The zero-order chi connectivity index (χ0) is 10.6. The maximum atomic E-state index is 4.07. The van der Waals surface area contributed by atoms with E-state index < -0.39 is 0 Å². The van der Waals surface area contributed by atoms with Crippen molar-refractivity contribution in [2.24, 2.45) is 17.3 Å². The van der Waals surface area contributed by atoms with Gasteiger partial charge >= 0.3 is 0 Å². The molecule has 0 aliphatic carbocycles. The molecule has 0 N–H and O–H groups in total. The number of hydrogen-bond donors (Lipinski definition) is 0. The average Bonchev–Trinajstić information content (AvgIpc) is 2.02. The van der Waals surface area contributed by atoms with Gasteiger partial charge < -0.3 is 0 Å². The number of hydrogen-bond acceptors (Lipinski definition) is 0. The summed E-state index contributed by atoms with van der Waals surface area (Å²) in [4.78, 5) is 0. The summed E-state index contributed by atoms with van der Waals surface area (Å²) in [6, 6.07) is 0. The van der Waals surface area contributed by atoms with Crippen molar-refractivity contribution in [1.82, 2.24) is 0 Å². The molecular formula is C13H24. The van der Waals surface area contributed by atoms with Gasteiger partial charge in [-0.05, 0) is 30.6 Å². The first-order valence-corrected chi connectivity index (χ1v) is 5.15. The number of rotatable bonds is 5. The van der Waals surface area contributed by atoms with E-state index in [0.717, 1.165) is 0 Å². The van der Waals surface area contributed by atoms with Gasteiger partial charge in [-0.3, -0.25) is 0 Å². The molecule has 0 amide bonds. The molecule has 0 saturated heterocycles. The van der Waals surface area contributed by atoms with Gasteiger partial charge in [-0.25, -0.2) is 0 Å². The third-order valence-electron chi connectivity index (χ3n) is 3.43. The van der Waals surface area contributed by atoms with E-state index in [1.54, 1.807) is 0 Å². The van der Waals surface area contributed by atoms with Gasteiger partial charge in [0.25, 0.3) is 0 Å². The van der Waals surface area contributed by atoms with E-state index in [-0.39, 0.29) is 5.41 Å². The summed E-state index contributed by atoms with van der Waals surface area (Å²) in [5.74, 6) is 1.13. The molecular weight excluding hydrogens is 156 g/mol. The van der Waals surface area contributed by atoms with Crippen LogP contribution >= 0.6 is 0 Å². The molecule has 0 aromatic heterocycles. The maximum absolute atomic E-state index is 4.07. The summed E-state index contributed by atoms with van der Waals surface area (Å²) in [6.07, 6.45) is 3.21. The molecule has 0 radical (unpaired) electrons. The Bertz CT molecular complexity index is 186. The number of allylic oxidation sites excluding steroid dienone is 2. The van der Waals surface area contributed by atoms with Gasteiger partial charge in [0.1, 0.15) is 0 Å². The lowest BCUT2D eigenvalue weighted by atomic mass is 9.67. The first kappa shape index (κ1) is 12.5. The second-order valence-corrected chi connectivity index (χ2v) is 4.65. The van der Waals surface area contributed by atoms with Crippen molar-refractivity contribution < 1.29 is 0 Å². The molecule has 0 spiro atoms. The van der Waals surface area contributed by atoms with Gasteiger partial charge in [0.15, 0.2) is 0 Å². The molecule has 0 aromatic carbocycles. The van der Waals surface area contributed by atoms with Crippen molar-refractivity contribution in [1.29, 1.82) is 0 Å². The quantitative estimate of drug-likeness (QED) is 0.549. The van der Waals surface area contributed by atoms with E-state index >= 15 is 0 Å². The topological polar surface area (TPSA) is 0 Å². The van der Waals surface area contributed by atoms with Crippen LogP contribution in [0.4, 0.5) is 0 Å². The van der Waals surface area contributed by atoms with Gasteiger partial charge in [0.2, 0.25) is 0 Å². The molecule has 0 bridgehead atoms. The lowest BCUT2D eigenvalue weighted by Crippen LogP contribution is -2.30.